The van der Waals surface area contributed by atoms with E-state index in [1.54, 1.807) is 11.3 Å². The van der Waals surface area contributed by atoms with Gasteiger partial charge >= 0.3 is 0 Å². The van der Waals surface area contributed by atoms with Crippen molar-refractivity contribution in [2.75, 3.05) is 5.73 Å². The molecule has 0 aliphatic rings. The standard InChI is InChI=1S/C19H18N4OS/c1-11(15-5-3-4-8-21-15)9-13-10-14-17(20)22-18(23-19(14)25-13)16-7-6-12(2)24-16/h3-8,10-11H,9H2,1-2H3,(H2,20,22,23). The first-order chi connectivity index (χ1) is 12.1. The first kappa shape index (κ1) is 15.8. The molecule has 0 aliphatic carbocycles. The average molecular weight is 350 g/mol. The first-order valence-corrected chi connectivity index (χ1v) is 8.95. The quantitative estimate of drug-likeness (QED) is 0.583. The minimum atomic E-state index is 0.329. The summed E-state index contributed by atoms with van der Waals surface area (Å²) >= 11 is 1.65. The first-order valence-electron chi connectivity index (χ1n) is 8.14. The number of hydrogen-bond acceptors (Lipinski definition) is 6. The summed E-state index contributed by atoms with van der Waals surface area (Å²) in [6.45, 7) is 4.08. The van der Waals surface area contributed by atoms with Gasteiger partial charge in [0.15, 0.2) is 11.6 Å². The zero-order valence-corrected chi connectivity index (χ0v) is 14.9. The van der Waals surface area contributed by atoms with Crippen LogP contribution in [0.2, 0.25) is 0 Å². The third-order valence-electron chi connectivity index (χ3n) is 4.13. The maximum Gasteiger partial charge on any atom is 0.199 e. The number of furan rings is 1. The second-order valence-corrected chi connectivity index (χ2v) is 7.25. The third kappa shape index (κ3) is 3.13. The van der Waals surface area contributed by atoms with Gasteiger partial charge in [0.2, 0.25) is 0 Å². The number of fused-ring (bicyclic) bond motifs is 1. The van der Waals surface area contributed by atoms with Crippen molar-refractivity contribution in [2.24, 2.45) is 0 Å². The van der Waals surface area contributed by atoms with Gasteiger partial charge in [0.05, 0.1) is 5.39 Å². The molecule has 5 nitrogen and oxygen atoms in total. The van der Waals surface area contributed by atoms with Gasteiger partial charge in [0.25, 0.3) is 0 Å². The zero-order valence-electron chi connectivity index (χ0n) is 14.1. The van der Waals surface area contributed by atoms with Crippen molar-refractivity contribution in [3.63, 3.8) is 0 Å². The molecule has 0 spiro atoms. The average Bonchev–Trinajstić information content (AvgIpc) is 3.22. The number of aryl methyl sites for hydroxylation is 1. The van der Waals surface area contributed by atoms with Crippen molar-refractivity contribution in [1.82, 2.24) is 15.0 Å². The molecule has 4 rings (SSSR count). The summed E-state index contributed by atoms with van der Waals surface area (Å²) in [5.74, 6) is 2.82. The molecular weight excluding hydrogens is 332 g/mol. The Labute approximate surface area is 149 Å². The molecule has 0 amide bonds. The molecule has 6 heteroatoms. The van der Waals surface area contributed by atoms with E-state index < -0.39 is 0 Å². The minimum Gasteiger partial charge on any atom is -0.458 e. The summed E-state index contributed by atoms with van der Waals surface area (Å²) in [6, 6.07) is 11.9. The topological polar surface area (TPSA) is 77.8 Å². The van der Waals surface area contributed by atoms with E-state index in [1.807, 2.05) is 37.4 Å². The van der Waals surface area contributed by atoms with Crippen molar-refractivity contribution in [3.05, 3.63) is 58.9 Å². The molecule has 0 aliphatic heterocycles. The monoisotopic (exact) mass is 350 g/mol. The van der Waals surface area contributed by atoms with Crippen LogP contribution in [0.5, 0.6) is 0 Å². The maximum atomic E-state index is 6.16. The smallest absolute Gasteiger partial charge is 0.199 e. The third-order valence-corrected chi connectivity index (χ3v) is 5.19. The number of rotatable bonds is 4. The number of hydrogen-bond donors (Lipinski definition) is 1. The van der Waals surface area contributed by atoms with Gasteiger partial charge in [-0.3, -0.25) is 4.98 Å². The van der Waals surface area contributed by atoms with Crippen LogP contribution in [0.3, 0.4) is 0 Å². The summed E-state index contributed by atoms with van der Waals surface area (Å²) in [6.07, 6.45) is 2.73. The number of thiophene rings is 1. The Morgan fingerprint density at radius 3 is 2.80 bits per heavy atom. The van der Waals surface area contributed by atoms with E-state index in [0.29, 0.717) is 23.3 Å². The molecule has 1 atom stereocenters. The van der Waals surface area contributed by atoms with Crippen molar-refractivity contribution >= 4 is 27.4 Å². The highest BCUT2D eigenvalue weighted by molar-refractivity contribution is 7.18. The number of nitrogens with zero attached hydrogens (tertiary/aromatic N) is 3. The van der Waals surface area contributed by atoms with E-state index in [9.17, 15) is 0 Å². The molecular formula is C19H18N4OS. The van der Waals surface area contributed by atoms with Gasteiger partial charge < -0.3 is 10.2 Å². The van der Waals surface area contributed by atoms with Gasteiger partial charge in [0.1, 0.15) is 16.4 Å². The van der Waals surface area contributed by atoms with E-state index >= 15 is 0 Å². The summed E-state index contributed by atoms with van der Waals surface area (Å²) in [5, 5.41) is 0.903. The molecule has 0 saturated heterocycles. The van der Waals surface area contributed by atoms with Crippen LogP contribution in [0, 0.1) is 6.92 Å². The zero-order chi connectivity index (χ0) is 17.4. The number of nitrogens with two attached hydrogens (primary N) is 1. The Kier molecular flexibility index (Phi) is 3.97. The molecule has 4 heterocycles. The Morgan fingerprint density at radius 1 is 1.20 bits per heavy atom. The lowest BCUT2D eigenvalue weighted by Crippen LogP contribution is -1.99. The highest BCUT2D eigenvalue weighted by atomic mass is 32.1. The second-order valence-electron chi connectivity index (χ2n) is 6.13. The Hall–Kier alpha value is -2.73. The van der Waals surface area contributed by atoms with E-state index in [0.717, 1.165) is 28.1 Å². The van der Waals surface area contributed by atoms with E-state index in [4.69, 9.17) is 10.2 Å². The summed E-state index contributed by atoms with van der Waals surface area (Å²) in [4.78, 5) is 15.6. The molecule has 4 aromatic rings. The van der Waals surface area contributed by atoms with Gasteiger partial charge in [-0.2, -0.15) is 0 Å². The van der Waals surface area contributed by atoms with Gasteiger partial charge in [-0.05, 0) is 43.7 Å². The van der Waals surface area contributed by atoms with Crippen LogP contribution in [0.25, 0.3) is 21.8 Å². The molecule has 0 bridgehead atoms. The fraction of sp³-hybridized carbons (Fsp3) is 0.211. The lowest BCUT2D eigenvalue weighted by atomic mass is 10.0. The summed E-state index contributed by atoms with van der Waals surface area (Å²) < 4.78 is 5.62. The van der Waals surface area contributed by atoms with Crippen LogP contribution in [-0.2, 0) is 6.42 Å². The summed E-state index contributed by atoms with van der Waals surface area (Å²) in [7, 11) is 0. The SMILES string of the molecule is Cc1ccc(-c2nc(N)c3cc(CC(C)c4ccccn4)sc3n2)o1. The molecule has 25 heavy (non-hydrogen) atoms. The van der Waals surface area contributed by atoms with Gasteiger partial charge in [-0.1, -0.05) is 13.0 Å². The van der Waals surface area contributed by atoms with Crippen molar-refractivity contribution in [1.29, 1.82) is 0 Å². The lowest BCUT2D eigenvalue weighted by molar-refractivity contribution is 0.544. The molecule has 0 saturated carbocycles. The van der Waals surface area contributed by atoms with Gasteiger partial charge in [0, 0.05) is 22.7 Å². The number of nitrogen functional groups attached to an aromatic ring is 1. The Morgan fingerprint density at radius 2 is 2.08 bits per heavy atom. The van der Waals surface area contributed by atoms with Crippen molar-refractivity contribution in [3.8, 4) is 11.6 Å². The largest absolute Gasteiger partial charge is 0.458 e. The normalized spacial score (nSPS) is 12.6. The van der Waals surface area contributed by atoms with Crippen LogP contribution in [0.15, 0.2) is 47.0 Å². The lowest BCUT2D eigenvalue weighted by Gasteiger charge is -2.08. The molecule has 4 aromatic heterocycles. The highest BCUT2D eigenvalue weighted by Crippen LogP contribution is 2.32. The van der Waals surface area contributed by atoms with Crippen LogP contribution in [0.4, 0.5) is 5.82 Å². The van der Waals surface area contributed by atoms with Crippen molar-refractivity contribution in [2.45, 2.75) is 26.2 Å². The van der Waals surface area contributed by atoms with Crippen LogP contribution in [-0.4, -0.2) is 15.0 Å². The van der Waals surface area contributed by atoms with Crippen LogP contribution in [0.1, 0.15) is 29.2 Å². The minimum absolute atomic E-state index is 0.329. The van der Waals surface area contributed by atoms with E-state index in [1.165, 1.54) is 4.88 Å². The Bertz CT molecular complexity index is 1020. The summed E-state index contributed by atoms with van der Waals surface area (Å²) in [5.41, 5.74) is 7.25. The fourth-order valence-corrected chi connectivity index (χ4v) is 4.00. The number of aromatic nitrogens is 3. The van der Waals surface area contributed by atoms with Crippen LogP contribution < -0.4 is 5.73 Å². The fourth-order valence-electron chi connectivity index (χ4n) is 2.83. The maximum absolute atomic E-state index is 6.16. The number of anilines is 1. The van der Waals surface area contributed by atoms with E-state index in [2.05, 4.69) is 34.0 Å². The molecule has 0 radical (unpaired) electrons. The highest BCUT2D eigenvalue weighted by Gasteiger charge is 2.15. The molecule has 0 aromatic carbocycles. The number of pyridine rings is 1. The van der Waals surface area contributed by atoms with Gasteiger partial charge in [-0.15, -0.1) is 11.3 Å². The molecule has 0 fully saturated rings. The van der Waals surface area contributed by atoms with E-state index in [-0.39, 0.29) is 0 Å². The van der Waals surface area contributed by atoms with Crippen LogP contribution >= 0.6 is 11.3 Å². The Balaban J connectivity index is 1.67. The molecule has 1 unspecified atom stereocenters. The van der Waals surface area contributed by atoms with Crippen molar-refractivity contribution < 1.29 is 4.42 Å². The molecule has 2 N–H and O–H groups in total. The van der Waals surface area contributed by atoms with Gasteiger partial charge in [-0.25, -0.2) is 9.97 Å². The second kappa shape index (κ2) is 6.29. The molecule has 126 valence electrons. The predicted octanol–water partition coefficient (Wildman–Crippen LogP) is 4.58. The predicted molar refractivity (Wildman–Crippen MR) is 101 cm³/mol.